The highest BCUT2D eigenvalue weighted by atomic mass is 19.1. The second-order valence-electron chi connectivity index (χ2n) is 10.6. The van der Waals surface area contributed by atoms with E-state index in [9.17, 15) is 18.8 Å². The second kappa shape index (κ2) is 9.41. The van der Waals surface area contributed by atoms with Crippen LogP contribution in [0.5, 0.6) is 5.75 Å². The number of ether oxygens (including phenoxy) is 1. The van der Waals surface area contributed by atoms with Crippen LogP contribution in [0.25, 0.3) is 11.0 Å². The average Bonchev–Trinajstić information content (AvgIpc) is 3.39. The number of fused-ring (bicyclic) bond motifs is 5. The molecule has 0 N–H and O–H groups in total. The highest BCUT2D eigenvalue weighted by Crippen LogP contribution is 2.53. The number of hydrogen-bond donors (Lipinski definition) is 0. The monoisotopic (exact) mass is 560 g/mol. The molecule has 5 aromatic rings. The highest BCUT2D eigenvalue weighted by Gasteiger charge is 2.65. The SMILES string of the molecule is COc1ccc(CN2C(=O)c3oc4ccc(F)cc4c(=O)c3C23C(=O)N(Cc2ccc(C)cc2)c2ccccc23)cc1. The smallest absolute Gasteiger partial charge is 0.291 e. The van der Waals surface area contributed by atoms with Gasteiger partial charge in [0.05, 0.1) is 30.3 Å². The number of rotatable bonds is 5. The van der Waals surface area contributed by atoms with E-state index in [-0.39, 0.29) is 35.4 Å². The standard InChI is InChI=1S/C34H25FN2O5/c1-20-7-9-21(10-8-20)18-36-27-6-4-3-5-26(27)34(33(36)40)29-30(38)25-17-23(35)13-16-28(25)42-31(29)32(39)37(34)19-22-11-14-24(41-2)15-12-22/h3-17H,18-19H2,1-2H3. The number of halogens is 1. The molecular formula is C34H25FN2O5. The van der Waals surface area contributed by atoms with Crippen molar-refractivity contribution < 1.29 is 23.1 Å². The van der Waals surface area contributed by atoms with Crippen LogP contribution in [0.4, 0.5) is 10.1 Å². The minimum atomic E-state index is -1.81. The van der Waals surface area contributed by atoms with E-state index in [4.69, 9.17) is 9.15 Å². The Hall–Kier alpha value is -5.24. The molecule has 42 heavy (non-hydrogen) atoms. The Bertz CT molecular complexity index is 1970. The molecule has 2 aliphatic rings. The zero-order chi connectivity index (χ0) is 29.2. The van der Waals surface area contributed by atoms with Crippen LogP contribution in [0, 0.1) is 12.7 Å². The van der Waals surface area contributed by atoms with Crippen molar-refractivity contribution in [3.05, 3.63) is 141 Å². The Morgan fingerprint density at radius 3 is 2.29 bits per heavy atom. The first kappa shape index (κ1) is 25.7. The zero-order valence-corrected chi connectivity index (χ0v) is 22.9. The summed E-state index contributed by atoms with van der Waals surface area (Å²) in [6.07, 6.45) is 0. The minimum absolute atomic E-state index is 0.00954. The Balaban J connectivity index is 1.49. The minimum Gasteiger partial charge on any atom is -0.497 e. The Morgan fingerprint density at radius 2 is 1.55 bits per heavy atom. The maximum atomic E-state index is 14.9. The molecule has 1 aromatic heterocycles. The first-order valence-corrected chi connectivity index (χ1v) is 13.5. The maximum Gasteiger partial charge on any atom is 0.291 e. The lowest BCUT2D eigenvalue weighted by Crippen LogP contribution is -2.52. The fourth-order valence-corrected chi connectivity index (χ4v) is 6.13. The van der Waals surface area contributed by atoms with Gasteiger partial charge in [-0.2, -0.15) is 0 Å². The van der Waals surface area contributed by atoms with E-state index in [1.54, 1.807) is 48.4 Å². The van der Waals surface area contributed by atoms with Crippen LogP contribution in [0.1, 0.15) is 38.4 Å². The Kier molecular flexibility index (Phi) is 5.76. The molecule has 2 aliphatic heterocycles. The third-order valence-electron chi connectivity index (χ3n) is 8.16. The molecule has 0 saturated carbocycles. The molecule has 1 spiro atoms. The predicted molar refractivity (Wildman–Crippen MR) is 155 cm³/mol. The number of nitrogens with zero attached hydrogens (tertiary/aromatic N) is 2. The number of para-hydroxylation sites is 1. The van der Waals surface area contributed by atoms with Gasteiger partial charge in [-0.25, -0.2) is 4.39 Å². The van der Waals surface area contributed by atoms with Crippen molar-refractivity contribution >= 4 is 28.5 Å². The van der Waals surface area contributed by atoms with Gasteiger partial charge in [-0.15, -0.1) is 0 Å². The molecule has 0 fully saturated rings. The average molecular weight is 561 g/mol. The van der Waals surface area contributed by atoms with E-state index in [2.05, 4.69) is 0 Å². The van der Waals surface area contributed by atoms with Crippen LogP contribution in [-0.2, 0) is 23.4 Å². The highest BCUT2D eigenvalue weighted by molar-refractivity contribution is 6.17. The molecule has 7 rings (SSSR count). The molecule has 0 aliphatic carbocycles. The van der Waals surface area contributed by atoms with Crippen molar-refractivity contribution in [2.45, 2.75) is 25.6 Å². The summed E-state index contributed by atoms with van der Waals surface area (Å²) in [5, 5.41) is -0.0329. The number of carbonyl (C=O) groups excluding carboxylic acids is 2. The maximum absolute atomic E-state index is 14.9. The van der Waals surface area contributed by atoms with Crippen molar-refractivity contribution in [2.24, 2.45) is 0 Å². The molecule has 0 radical (unpaired) electrons. The lowest BCUT2D eigenvalue weighted by atomic mass is 9.83. The zero-order valence-electron chi connectivity index (χ0n) is 22.9. The largest absolute Gasteiger partial charge is 0.497 e. The van der Waals surface area contributed by atoms with Gasteiger partial charge in [0.15, 0.2) is 11.0 Å². The van der Waals surface area contributed by atoms with Crippen LogP contribution in [0.15, 0.2) is 100 Å². The van der Waals surface area contributed by atoms with E-state index in [0.29, 0.717) is 17.0 Å². The first-order valence-electron chi connectivity index (χ1n) is 13.5. The van der Waals surface area contributed by atoms with Gasteiger partial charge in [-0.05, 0) is 54.4 Å². The van der Waals surface area contributed by atoms with Gasteiger partial charge < -0.3 is 19.0 Å². The molecule has 0 saturated heterocycles. The van der Waals surface area contributed by atoms with Gasteiger partial charge in [-0.1, -0.05) is 60.2 Å². The number of methoxy groups -OCH3 is 1. The number of anilines is 1. The molecule has 4 aromatic carbocycles. The molecular weight excluding hydrogens is 535 g/mol. The summed E-state index contributed by atoms with van der Waals surface area (Å²) in [5.41, 5.74) is 1.33. The van der Waals surface area contributed by atoms with E-state index >= 15 is 0 Å². The molecule has 3 heterocycles. The lowest BCUT2D eigenvalue weighted by Gasteiger charge is -2.34. The molecule has 2 amide bonds. The molecule has 8 heteroatoms. The van der Waals surface area contributed by atoms with Gasteiger partial charge in [0.1, 0.15) is 17.1 Å². The van der Waals surface area contributed by atoms with Gasteiger partial charge in [0.25, 0.3) is 11.8 Å². The van der Waals surface area contributed by atoms with Crippen LogP contribution in [0.3, 0.4) is 0 Å². The Labute approximate surface area is 240 Å². The van der Waals surface area contributed by atoms with E-state index in [1.165, 1.54) is 17.0 Å². The quantitative estimate of drug-likeness (QED) is 0.276. The van der Waals surface area contributed by atoms with E-state index < -0.39 is 28.6 Å². The lowest BCUT2D eigenvalue weighted by molar-refractivity contribution is -0.126. The predicted octanol–water partition coefficient (Wildman–Crippen LogP) is 5.70. The fraction of sp³-hybridized carbons (Fsp3) is 0.147. The molecule has 1 atom stereocenters. The second-order valence-corrected chi connectivity index (χ2v) is 10.6. The van der Waals surface area contributed by atoms with Crippen molar-refractivity contribution in [3.8, 4) is 5.75 Å². The van der Waals surface area contributed by atoms with Gasteiger partial charge in [0, 0.05) is 12.1 Å². The number of aryl methyl sites for hydroxylation is 1. The third kappa shape index (κ3) is 3.61. The molecule has 0 bridgehead atoms. The van der Waals surface area contributed by atoms with Crippen LogP contribution >= 0.6 is 0 Å². The van der Waals surface area contributed by atoms with Crippen LogP contribution < -0.4 is 15.1 Å². The number of amides is 2. The van der Waals surface area contributed by atoms with Crippen molar-refractivity contribution in [2.75, 3.05) is 12.0 Å². The third-order valence-corrected chi connectivity index (χ3v) is 8.16. The summed E-state index contributed by atoms with van der Waals surface area (Å²) in [7, 11) is 1.56. The van der Waals surface area contributed by atoms with Gasteiger partial charge >= 0.3 is 0 Å². The number of benzene rings is 4. The summed E-state index contributed by atoms with van der Waals surface area (Å²) >= 11 is 0. The first-order chi connectivity index (χ1) is 20.3. The normalized spacial score (nSPS) is 17.3. The van der Waals surface area contributed by atoms with Crippen molar-refractivity contribution in [1.82, 2.24) is 4.90 Å². The topological polar surface area (TPSA) is 80.1 Å². The molecule has 1 unspecified atom stereocenters. The fourth-order valence-electron chi connectivity index (χ4n) is 6.13. The van der Waals surface area contributed by atoms with E-state index in [1.807, 2.05) is 43.3 Å². The summed E-state index contributed by atoms with van der Waals surface area (Å²) in [4.78, 5) is 46.4. The van der Waals surface area contributed by atoms with Gasteiger partial charge in [-0.3, -0.25) is 14.4 Å². The van der Waals surface area contributed by atoms with Crippen molar-refractivity contribution in [3.63, 3.8) is 0 Å². The Morgan fingerprint density at radius 1 is 0.857 bits per heavy atom. The summed E-state index contributed by atoms with van der Waals surface area (Å²) in [6.45, 7) is 2.22. The van der Waals surface area contributed by atoms with Crippen molar-refractivity contribution in [1.29, 1.82) is 0 Å². The molecule has 208 valence electrons. The summed E-state index contributed by atoms with van der Waals surface area (Å²) < 4.78 is 25.7. The number of hydrogen-bond acceptors (Lipinski definition) is 5. The summed E-state index contributed by atoms with van der Waals surface area (Å²) in [6, 6.07) is 25.7. The van der Waals surface area contributed by atoms with Crippen LogP contribution in [-0.4, -0.2) is 23.8 Å². The van der Waals surface area contributed by atoms with E-state index in [0.717, 1.165) is 22.8 Å². The van der Waals surface area contributed by atoms with Gasteiger partial charge in [0.2, 0.25) is 5.76 Å². The van der Waals surface area contributed by atoms with Crippen LogP contribution in [0.2, 0.25) is 0 Å². The molecule has 7 nitrogen and oxygen atoms in total. The number of carbonyl (C=O) groups is 2. The summed E-state index contributed by atoms with van der Waals surface area (Å²) in [5.74, 6) is -1.24.